The molecule has 0 saturated heterocycles. The van der Waals surface area contributed by atoms with Gasteiger partial charge in [-0.2, -0.15) is 0 Å². The molecule has 60 valence electrons. The van der Waals surface area contributed by atoms with Gasteiger partial charge in [-0.3, -0.25) is 0 Å². The van der Waals surface area contributed by atoms with Crippen LogP contribution in [0.5, 0.6) is 0 Å². The maximum atomic E-state index is 8.62. The number of aliphatic hydroxyl groups is 1. The van der Waals surface area contributed by atoms with Gasteiger partial charge in [0.25, 0.3) is 0 Å². The Labute approximate surface area is 69.5 Å². The van der Waals surface area contributed by atoms with Gasteiger partial charge >= 0.3 is 0 Å². The predicted molar refractivity (Wildman–Crippen MR) is 49.4 cm³/mol. The van der Waals surface area contributed by atoms with E-state index in [1.165, 1.54) is 0 Å². The van der Waals surface area contributed by atoms with Crippen molar-refractivity contribution >= 4 is 27.0 Å². The van der Waals surface area contributed by atoms with Crippen molar-refractivity contribution in [1.82, 2.24) is 0 Å². The van der Waals surface area contributed by atoms with E-state index in [4.69, 9.17) is 9.53 Å². The lowest BCUT2D eigenvalue weighted by Gasteiger charge is -2.05. The lowest BCUT2D eigenvalue weighted by atomic mass is 10.5. The van der Waals surface area contributed by atoms with Crippen molar-refractivity contribution in [3.05, 3.63) is 0 Å². The van der Waals surface area contributed by atoms with Crippen molar-refractivity contribution in [3.63, 3.8) is 0 Å². The number of thiocarbonyl (C=S) groups is 1. The van der Waals surface area contributed by atoms with E-state index in [0.717, 1.165) is 6.04 Å². The van der Waals surface area contributed by atoms with Gasteiger partial charge in [0.15, 0.2) is 14.8 Å². The van der Waals surface area contributed by atoms with Gasteiger partial charge in [0.05, 0.1) is 0 Å². The maximum absolute atomic E-state index is 8.62. The molecule has 0 aromatic carbocycles. The highest BCUT2D eigenvalue weighted by atomic mass is 32.1. The van der Waals surface area contributed by atoms with Crippen LogP contribution in [0.25, 0.3) is 0 Å². The second-order valence-electron chi connectivity index (χ2n) is 2.42. The lowest BCUT2D eigenvalue weighted by Crippen LogP contribution is -2.07. The Kier molecular flexibility index (Phi) is 5.86. The molecule has 0 atom stereocenters. The number of hydrogen-bond acceptors (Lipinski definition) is 2. The lowest BCUT2D eigenvalue weighted by molar-refractivity contribution is 0.255. The molecule has 0 radical (unpaired) electrons. The van der Waals surface area contributed by atoms with Crippen LogP contribution in [0.1, 0.15) is 20.3 Å². The summed E-state index contributed by atoms with van der Waals surface area (Å²) in [6, 6.07) is 0.952. The number of hydrogen-bond donors (Lipinski definition) is 1. The van der Waals surface area contributed by atoms with Gasteiger partial charge < -0.3 is 9.53 Å². The molecule has 0 saturated carbocycles. The standard InChI is InChI=1S/C6H14O2SSi/c1-5(2)8-10-4-3-6(7)9/h5H,3-4,10H2,1-2H3,(H,7,9). The molecule has 0 aliphatic rings. The van der Waals surface area contributed by atoms with E-state index in [-0.39, 0.29) is 5.05 Å². The van der Waals surface area contributed by atoms with Crippen molar-refractivity contribution in [2.24, 2.45) is 0 Å². The van der Waals surface area contributed by atoms with Crippen molar-refractivity contribution in [3.8, 4) is 0 Å². The van der Waals surface area contributed by atoms with Crippen LogP contribution in [0.4, 0.5) is 0 Å². The normalized spacial score (nSPS) is 11.5. The Morgan fingerprint density at radius 3 is 2.70 bits per heavy atom. The molecule has 0 rings (SSSR count). The molecule has 0 heterocycles. The van der Waals surface area contributed by atoms with Gasteiger partial charge in [0, 0.05) is 12.5 Å². The van der Waals surface area contributed by atoms with Crippen LogP contribution in [0.2, 0.25) is 6.04 Å². The first-order valence-electron chi connectivity index (χ1n) is 3.46. The van der Waals surface area contributed by atoms with Crippen LogP contribution in [-0.2, 0) is 4.43 Å². The van der Waals surface area contributed by atoms with Gasteiger partial charge in [-0.15, -0.1) is 0 Å². The number of rotatable bonds is 5. The summed E-state index contributed by atoms with van der Waals surface area (Å²) in [6.45, 7) is 4.04. The molecule has 0 fully saturated rings. The summed E-state index contributed by atoms with van der Waals surface area (Å²) in [5.74, 6) is 0. The van der Waals surface area contributed by atoms with E-state index in [1.54, 1.807) is 0 Å². The molecule has 4 heteroatoms. The largest absolute Gasteiger partial charge is 0.502 e. The molecule has 0 unspecified atom stereocenters. The van der Waals surface area contributed by atoms with Crippen LogP contribution < -0.4 is 0 Å². The predicted octanol–water partition coefficient (Wildman–Crippen LogP) is 1.19. The average Bonchev–Trinajstić information content (AvgIpc) is 1.79. The SMILES string of the molecule is CC(C)O[SiH2]CCC(O)=S. The van der Waals surface area contributed by atoms with Gasteiger partial charge in [-0.25, -0.2) is 0 Å². The molecule has 0 spiro atoms. The molecule has 10 heavy (non-hydrogen) atoms. The van der Waals surface area contributed by atoms with E-state index >= 15 is 0 Å². The maximum Gasteiger partial charge on any atom is 0.162 e. The molecule has 0 aliphatic heterocycles. The molecular formula is C6H14O2SSi. The summed E-state index contributed by atoms with van der Waals surface area (Å²) in [7, 11) is -0.426. The van der Waals surface area contributed by atoms with Gasteiger partial charge in [-0.1, -0.05) is 0 Å². The third-order valence-corrected chi connectivity index (χ3v) is 2.73. The summed E-state index contributed by atoms with van der Waals surface area (Å²) in [5.41, 5.74) is 0. The fourth-order valence-electron chi connectivity index (χ4n) is 0.542. The molecule has 0 aromatic heterocycles. The summed E-state index contributed by atoms with van der Waals surface area (Å²) in [4.78, 5) is 0. The third-order valence-electron chi connectivity index (χ3n) is 0.986. The van der Waals surface area contributed by atoms with Crippen molar-refractivity contribution in [2.45, 2.75) is 32.4 Å². The van der Waals surface area contributed by atoms with E-state index in [9.17, 15) is 0 Å². The zero-order valence-electron chi connectivity index (χ0n) is 6.46. The summed E-state index contributed by atoms with van der Waals surface area (Å²) >= 11 is 4.50. The fourth-order valence-corrected chi connectivity index (χ4v) is 2.06. The van der Waals surface area contributed by atoms with Crippen molar-refractivity contribution in [2.75, 3.05) is 0 Å². The minimum absolute atomic E-state index is 0.111. The van der Waals surface area contributed by atoms with Gasteiger partial charge in [0.1, 0.15) is 0 Å². The molecule has 0 amide bonds. The Balaban J connectivity index is 2.98. The zero-order chi connectivity index (χ0) is 7.98. The topological polar surface area (TPSA) is 29.5 Å². The minimum atomic E-state index is -0.426. The smallest absolute Gasteiger partial charge is 0.162 e. The van der Waals surface area contributed by atoms with E-state index in [0.29, 0.717) is 12.5 Å². The van der Waals surface area contributed by atoms with Crippen LogP contribution in [-0.4, -0.2) is 26.0 Å². The monoisotopic (exact) mass is 178 g/mol. The van der Waals surface area contributed by atoms with Crippen LogP contribution in [0.3, 0.4) is 0 Å². The van der Waals surface area contributed by atoms with Crippen LogP contribution in [0, 0.1) is 0 Å². The van der Waals surface area contributed by atoms with Crippen molar-refractivity contribution < 1.29 is 9.53 Å². The second kappa shape index (κ2) is 5.82. The average molecular weight is 178 g/mol. The highest BCUT2D eigenvalue weighted by Gasteiger charge is 1.95. The number of aliphatic hydroxyl groups excluding tert-OH is 1. The fraction of sp³-hybridized carbons (Fsp3) is 0.833. The van der Waals surface area contributed by atoms with Gasteiger partial charge in [-0.05, 0) is 32.1 Å². The molecule has 2 nitrogen and oxygen atoms in total. The highest BCUT2D eigenvalue weighted by molar-refractivity contribution is 7.80. The summed E-state index contributed by atoms with van der Waals surface area (Å²) in [6.07, 6.45) is 0.966. The molecule has 0 aromatic rings. The first kappa shape index (κ1) is 10.1. The second-order valence-corrected chi connectivity index (χ2v) is 4.34. The Morgan fingerprint density at radius 1 is 1.70 bits per heavy atom. The summed E-state index contributed by atoms with van der Waals surface area (Å²) in [5, 5.41) is 8.73. The first-order chi connectivity index (χ1) is 4.63. The quantitative estimate of drug-likeness (QED) is 0.389. The van der Waals surface area contributed by atoms with Gasteiger partial charge in [0.2, 0.25) is 0 Å². The van der Waals surface area contributed by atoms with E-state index in [2.05, 4.69) is 12.2 Å². The van der Waals surface area contributed by atoms with E-state index in [1.807, 2.05) is 13.8 Å². The molecule has 0 bridgehead atoms. The van der Waals surface area contributed by atoms with Crippen LogP contribution in [0.15, 0.2) is 0 Å². The molecule has 1 N–H and O–H groups in total. The van der Waals surface area contributed by atoms with Crippen molar-refractivity contribution in [1.29, 1.82) is 0 Å². The third kappa shape index (κ3) is 8.07. The Bertz CT molecular complexity index is 106. The minimum Gasteiger partial charge on any atom is -0.502 e. The highest BCUT2D eigenvalue weighted by Crippen LogP contribution is 1.93. The van der Waals surface area contributed by atoms with E-state index < -0.39 is 9.76 Å². The Morgan fingerprint density at radius 2 is 2.30 bits per heavy atom. The molecular weight excluding hydrogens is 164 g/mol. The zero-order valence-corrected chi connectivity index (χ0v) is 8.69. The van der Waals surface area contributed by atoms with Crippen LogP contribution >= 0.6 is 12.2 Å². The summed E-state index contributed by atoms with van der Waals surface area (Å²) < 4.78 is 5.36. The molecule has 0 aliphatic carbocycles. The first-order valence-corrected chi connectivity index (χ1v) is 5.45. The Hall–Kier alpha value is 0.0669.